The van der Waals surface area contributed by atoms with Gasteiger partial charge in [0.1, 0.15) is 5.75 Å². The Morgan fingerprint density at radius 3 is 2.48 bits per heavy atom. The van der Waals surface area contributed by atoms with Crippen molar-refractivity contribution >= 4 is 21.9 Å². The number of aromatic carboxylic acids is 1. The minimum Gasteiger partial charge on any atom is -0.497 e. The molecule has 0 aliphatic heterocycles. The van der Waals surface area contributed by atoms with Crippen LogP contribution in [0.5, 0.6) is 5.75 Å². The maximum atomic E-state index is 10.9. The van der Waals surface area contributed by atoms with Gasteiger partial charge in [0, 0.05) is 4.47 Å². The molecule has 4 heteroatoms. The Balaban J connectivity index is 2.17. The fourth-order valence-electron chi connectivity index (χ4n) is 2.27. The van der Waals surface area contributed by atoms with Gasteiger partial charge >= 0.3 is 5.97 Å². The number of halogens is 1. The summed E-state index contributed by atoms with van der Waals surface area (Å²) in [7, 11) is 1.66. The van der Waals surface area contributed by atoms with Crippen molar-refractivity contribution in [3.8, 4) is 5.75 Å². The molecule has 0 aliphatic rings. The molecule has 21 heavy (non-hydrogen) atoms. The molecule has 0 aliphatic carbocycles. The minimum atomic E-state index is -0.898. The first kappa shape index (κ1) is 15.6. The summed E-state index contributed by atoms with van der Waals surface area (Å²) in [5.74, 6) is 0.233. The zero-order valence-electron chi connectivity index (χ0n) is 12.0. The number of carboxylic acids is 1. The lowest BCUT2D eigenvalue weighted by atomic mass is 9.93. The van der Waals surface area contributed by atoms with Crippen LogP contribution in [0.1, 0.15) is 34.3 Å². The van der Waals surface area contributed by atoms with Gasteiger partial charge in [-0.15, -0.1) is 0 Å². The van der Waals surface area contributed by atoms with Gasteiger partial charge in [-0.3, -0.25) is 0 Å². The van der Waals surface area contributed by atoms with Crippen LogP contribution in [0, 0.1) is 0 Å². The highest BCUT2D eigenvalue weighted by atomic mass is 79.9. The molecule has 1 unspecified atom stereocenters. The van der Waals surface area contributed by atoms with Crippen LogP contribution in [0.4, 0.5) is 0 Å². The second kappa shape index (κ2) is 6.76. The van der Waals surface area contributed by atoms with Crippen molar-refractivity contribution in [1.29, 1.82) is 0 Å². The number of hydrogen-bond donors (Lipinski definition) is 1. The van der Waals surface area contributed by atoms with E-state index in [9.17, 15) is 4.79 Å². The van der Waals surface area contributed by atoms with Gasteiger partial charge in [0.05, 0.1) is 12.7 Å². The lowest BCUT2D eigenvalue weighted by Gasteiger charge is -2.15. The van der Waals surface area contributed by atoms with Crippen LogP contribution < -0.4 is 4.74 Å². The van der Waals surface area contributed by atoms with Crippen molar-refractivity contribution in [2.24, 2.45) is 0 Å². The SMILES string of the molecule is COc1ccc(Br)c(C(C)Cc2ccc(C(=O)O)cc2)c1. The van der Waals surface area contributed by atoms with Gasteiger partial charge in [-0.1, -0.05) is 35.0 Å². The third kappa shape index (κ3) is 3.85. The van der Waals surface area contributed by atoms with Crippen LogP contribution in [0.15, 0.2) is 46.9 Å². The lowest BCUT2D eigenvalue weighted by Crippen LogP contribution is -2.01. The van der Waals surface area contributed by atoms with Gasteiger partial charge in [0.2, 0.25) is 0 Å². The maximum Gasteiger partial charge on any atom is 0.335 e. The van der Waals surface area contributed by atoms with Gasteiger partial charge in [0.25, 0.3) is 0 Å². The number of carbonyl (C=O) groups is 1. The van der Waals surface area contributed by atoms with Crippen LogP contribution in [-0.2, 0) is 6.42 Å². The molecule has 3 nitrogen and oxygen atoms in total. The van der Waals surface area contributed by atoms with Crippen molar-refractivity contribution in [2.45, 2.75) is 19.3 Å². The van der Waals surface area contributed by atoms with Crippen molar-refractivity contribution < 1.29 is 14.6 Å². The van der Waals surface area contributed by atoms with Crippen LogP contribution in [0.2, 0.25) is 0 Å². The predicted octanol–water partition coefficient (Wildman–Crippen LogP) is 4.50. The zero-order chi connectivity index (χ0) is 15.4. The summed E-state index contributed by atoms with van der Waals surface area (Å²) in [4.78, 5) is 10.9. The monoisotopic (exact) mass is 348 g/mol. The predicted molar refractivity (Wildman–Crippen MR) is 86.2 cm³/mol. The van der Waals surface area contributed by atoms with Gasteiger partial charge < -0.3 is 9.84 Å². The van der Waals surface area contributed by atoms with Gasteiger partial charge in [-0.25, -0.2) is 4.79 Å². The molecule has 2 aromatic carbocycles. The van der Waals surface area contributed by atoms with E-state index < -0.39 is 5.97 Å². The van der Waals surface area contributed by atoms with E-state index in [0.29, 0.717) is 11.5 Å². The average Bonchev–Trinajstić information content (AvgIpc) is 2.48. The molecule has 0 saturated heterocycles. The van der Waals surface area contributed by atoms with Gasteiger partial charge in [0.15, 0.2) is 0 Å². The highest BCUT2D eigenvalue weighted by Crippen LogP contribution is 2.31. The first-order valence-electron chi connectivity index (χ1n) is 6.67. The fraction of sp³-hybridized carbons (Fsp3) is 0.235. The van der Waals surface area contributed by atoms with Gasteiger partial charge in [-0.05, 0) is 53.8 Å². The molecule has 0 fully saturated rings. The Morgan fingerprint density at radius 1 is 1.24 bits per heavy atom. The molecule has 0 amide bonds. The summed E-state index contributed by atoms with van der Waals surface area (Å²) in [5.41, 5.74) is 2.60. The number of carboxylic acid groups (broad SMARTS) is 1. The number of benzene rings is 2. The molecule has 2 rings (SSSR count). The quantitative estimate of drug-likeness (QED) is 0.864. The topological polar surface area (TPSA) is 46.5 Å². The normalized spacial score (nSPS) is 12.0. The molecule has 0 bridgehead atoms. The molecule has 110 valence electrons. The molecule has 2 aromatic rings. The van der Waals surface area contributed by atoms with Crippen LogP contribution >= 0.6 is 15.9 Å². The number of rotatable bonds is 5. The van der Waals surface area contributed by atoms with Crippen molar-refractivity contribution in [1.82, 2.24) is 0 Å². The Morgan fingerprint density at radius 2 is 1.90 bits per heavy atom. The average molecular weight is 349 g/mol. The summed E-state index contributed by atoms with van der Waals surface area (Å²) in [5, 5.41) is 8.91. The highest BCUT2D eigenvalue weighted by Gasteiger charge is 2.12. The third-order valence-corrected chi connectivity index (χ3v) is 4.20. The van der Waals surface area contributed by atoms with Crippen LogP contribution in [0.25, 0.3) is 0 Å². The zero-order valence-corrected chi connectivity index (χ0v) is 13.6. The lowest BCUT2D eigenvalue weighted by molar-refractivity contribution is 0.0697. The van der Waals surface area contributed by atoms with Crippen LogP contribution in [0.3, 0.4) is 0 Å². The summed E-state index contributed by atoms with van der Waals surface area (Å²) < 4.78 is 6.32. The molecular weight excluding hydrogens is 332 g/mol. The van der Waals surface area contributed by atoms with E-state index in [2.05, 4.69) is 22.9 Å². The largest absolute Gasteiger partial charge is 0.497 e. The summed E-state index contributed by atoms with van der Waals surface area (Å²) in [6.45, 7) is 2.14. The Kier molecular flexibility index (Phi) is 5.02. The molecule has 1 atom stereocenters. The van der Waals surface area contributed by atoms with E-state index in [1.165, 1.54) is 5.56 Å². The number of ether oxygens (including phenoxy) is 1. The molecule has 1 N–H and O–H groups in total. The van der Waals surface area contributed by atoms with Crippen molar-refractivity contribution in [3.05, 3.63) is 63.6 Å². The van der Waals surface area contributed by atoms with E-state index >= 15 is 0 Å². The summed E-state index contributed by atoms with van der Waals surface area (Å²) in [6, 6.07) is 13.0. The summed E-state index contributed by atoms with van der Waals surface area (Å²) in [6.07, 6.45) is 0.839. The maximum absolute atomic E-state index is 10.9. The number of methoxy groups -OCH3 is 1. The van der Waals surface area contributed by atoms with E-state index in [1.54, 1.807) is 19.2 Å². The molecule has 0 heterocycles. The van der Waals surface area contributed by atoms with E-state index in [1.807, 2.05) is 30.3 Å². The van der Waals surface area contributed by atoms with E-state index in [4.69, 9.17) is 9.84 Å². The smallest absolute Gasteiger partial charge is 0.335 e. The second-order valence-electron chi connectivity index (χ2n) is 4.99. The molecule has 0 aromatic heterocycles. The second-order valence-corrected chi connectivity index (χ2v) is 5.85. The van der Waals surface area contributed by atoms with Crippen LogP contribution in [-0.4, -0.2) is 18.2 Å². The molecule has 0 radical (unpaired) electrons. The third-order valence-electron chi connectivity index (χ3n) is 3.48. The number of hydrogen-bond acceptors (Lipinski definition) is 2. The molecular formula is C17H17BrO3. The van der Waals surface area contributed by atoms with E-state index in [0.717, 1.165) is 22.2 Å². The first-order chi connectivity index (χ1) is 10.0. The minimum absolute atomic E-state index is 0.296. The summed E-state index contributed by atoms with van der Waals surface area (Å²) >= 11 is 3.57. The first-order valence-corrected chi connectivity index (χ1v) is 7.46. The van der Waals surface area contributed by atoms with E-state index in [-0.39, 0.29) is 0 Å². The van der Waals surface area contributed by atoms with Crippen molar-refractivity contribution in [2.75, 3.05) is 7.11 Å². The Hall–Kier alpha value is -1.81. The molecule has 0 saturated carbocycles. The Bertz CT molecular complexity index is 635. The van der Waals surface area contributed by atoms with Gasteiger partial charge in [-0.2, -0.15) is 0 Å². The standard InChI is InChI=1S/C17H17BrO3/c1-11(15-10-14(21-2)7-8-16(15)18)9-12-3-5-13(6-4-12)17(19)20/h3-8,10-11H,9H2,1-2H3,(H,19,20). The fourth-order valence-corrected chi connectivity index (χ4v) is 2.91. The molecule has 0 spiro atoms. The highest BCUT2D eigenvalue weighted by molar-refractivity contribution is 9.10. The van der Waals surface area contributed by atoms with Crippen molar-refractivity contribution in [3.63, 3.8) is 0 Å². The Labute approximate surface area is 132 Å².